The van der Waals surface area contributed by atoms with Crippen LogP contribution in [0.5, 0.6) is 0 Å². The molecule has 1 saturated heterocycles. The number of nitrogens with one attached hydrogen (secondary N) is 1. The van der Waals surface area contributed by atoms with Gasteiger partial charge in [-0.25, -0.2) is 0 Å². The van der Waals surface area contributed by atoms with Gasteiger partial charge < -0.3 is 5.32 Å². The summed E-state index contributed by atoms with van der Waals surface area (Å²) >= 11 is 1.78. The van der Waals surface area contributed by atoms with Gasteiger partial charge in [-0.05, 0) is 48.5 Å². The standard InChI is InChI=1S/C25H28N2OS/c28-25(24(20-11-4-1-5-12-20)21-13-6-2-7-14-21)26-19-22(23-15-10-18-29-23)27-16-8-3-9-17-27/h1-2,4-7,10-15,18,22,24H,3,8-9,16-17,19H2,(H,26,28)/t22-/m1/s1. The highest BCUT2D eigenvalue weighted by atomic mass is 32.1. The van der Waals surface area contributed by atoms with Gasteiger partial charge in [0.25, 0.3) is 0 Å². The average molecular weight is 405 g/mol. The van der Waals surface area contributed by atoms with Crippen molar-refractivity contribution in [3.63, 3.8) is 0 Å². The third kappa shape index (κ3) is 4.95. The molecule has 1 fully saturated rings. The summed E-state index contributed by atoms with van der Waals surface area (Å²) in [6.07, 6.45) is 3.79. The normalized spacial score (nSPS) is 15.9. The third-order valence-corrected chi connectivity index (χ3v) is 6.67. The minimum Gasteiger partial charge on any atom is -0.353 e. The third-order valence-electron chi connectivity index (χ3n) is 5.70. The van der Waals surface area contributed by atoms with E-state index in [9.17, 15) is 4.79 Å². The number of thiophene rings is 1. The number of amides is 1. The van der Waals surface area contributed by atoms with Crippen molar-refractivity contribution < 1.29 is 4.79 Å². The SMILES string of the molecule is O=C(NC[C@H](c1cccs1)N1CCCCC1)C(c1ccccc1)c1ccccc1. The minimum absolute atomic E-state index is 0.0703. The number of nitrogens with zero attached hydrogens (tertiary/aromatic N) is 1. The van der Waals surface area contributed by atoms with Gasteiger partial charge in [0.15, 0.2) is 0 Å². The number of likely N-dealkylation sites (tertiary alicyclic amines) is 1. The average Bonchev–Trinajstić information content (AvgIpc) is 3.31. The summed E-state index contributed by atoms with van der Waals surface area (Å²) in [5.41, 5.74) is 2.06. The molecule has 2 aromatic carbocycles. The second-order valence-electron chi connectivity index (χ2n) is 7.63. The monoisotopic (exact) mass is 404 g/mol. The molecule has 3 nitrogen and oxygen atoms in total. The Morgan fingerprint density at radius 3 is 2.03 bits per heavy atom. The maximum Gasteiger partial charge on any atom is 0.232 e. The molecule has 1 aromatic heterocycles. The van der Waals surface area contributed by atoms with Crippen molar-refractivity contribution in [2.45, 2.75) is 31.2 Å². The Balaban J connectivity index is 1.53. The van der Waals surface area contributed by atoms with E-state index in [-0.39, 0.29) is 17.9 Å². The predicted molar refractivity (Wildman–Crippen MR) is 120 cm³/mol. The first-order valence-electron chi connectivity index (χ1n) is 10.5. The summed E-state index contributed by atoms with van der Waals surface area (Å²) in [6.45, 7) is 2.87. The summed E-state index contributed by atoms with van der Waals surface area (Å²) in [5.74, 6) is -0.219. The van der Waals surface area contributed by atoms with Crippen LogP contribution in [-0.4, -0.2) is 30.4 Å². The van der Waals surface area contributed by atoms with E-state index in [1.165, 1.54) is 24.1 Å². The highest BCUT2D eigenvalue weighted by Crippen LogP contribution is 2.29. The van der Waals surface area contributed by atoms with Gasteiger partial charge in [0, 0.05) is 11.4 Å². The van der Waals surface area contributed by atoms with Crippen molar-refractivity contribution in [2.75, 3.05) is 19.6 Å². The summed E-state index contributed by atoms with van der Waals surface area (Å²) in [7, 11) is 0. The predicted octanol–water partition coefficient (Wildman–Crippen LogP) is 5.22. The van der Waals surface area contributed by atoms with Crippen LogP contribution in [0.3, 0.4) is 0 Å². The number of hydrogen-bond donors (Lipinski definition) is 1. The first-order valence-corrected chi connectivity index (χ1v) is 11.4. The quantitative estimate of drug-likeness (QED) is 0.585. The fraction of sp³-hybridized carbons (Fsp3) is 0.320. The van der Waals surface area contributed by atoms with E-state index in [0.29, 0.717) is 6.54 Å². The van der Waals surface area contributed by atoms with Gasteiger partial charge in [-0.3, -0.25) is 9.69 Å². The molecule has 0 unspecified atom stereocenters. The zero-order valence-corrected chi connectivity index (χ0v) is 17.5. The lowest BCUT2D eigenvalue weighted by molar-refractivity contribution is -0.122. The molecule has 1 aliphatic heterocycles. The lowest BCUT2D eigenvalue weighted by Crippen LogP contribution is -2.41. The van der Waals surface area contributed by atoms with Gasteiger partial charge >= 0.3 is 0 Å². The van der Waals surface area contributed by atoms with Gasteiger partial charge in [0.2, 0.25) is 5.91 Å². The molecule has 0 radical (unpaired) electrons. The number of rotatable bonds is 7. The number of benzene rings is 2. The molecule has 150 valence electrons. The maximum absolute atomic E-state index is 13.4. The van der Waals surface area contributed by atoms with Gasteiger partial charge in [0.1, 0.15) is 0 Å². The minimum atomic E-state index is -0.289. The number of piperidine rings is 1. The molecular formula is C25H28N2OS. The van der Waals surface area contributed by atoms with E-state index in [0.717, 1.165) is 24.2 Å². The summed E-state index contributed by atoms with van der Waals surface area (Å²) < 4.78 is 0. The molecule has 1 amide bonds. The van der Waals surface area contributed by atoms with Crippen LogP contribution in [0, 0.1) is 0 Å². The molecule has 0 spiro atoms. The molecule has 2 heterocycles. The first kappa shape index (κ1) is 19.9. The molecule has 0 aliphatic carbocycles. The number of hydrogen-bond acceptors (Lipinski definition) is 3. The molecule has 1 N–H and O–H groups in total. The Hall–Kier alpha value is -2.43. The van der Waals surface area contributed by atoms with Crippen molar-refractivity contribution in [2.24, 2.45) is 0 Å². The lowest BCUT2D eigenvalue weighted by atomic mass is 9.90. The van der Waals surface area contributed by atoms with E-state index < -0.39 is 0 Å². The number of carbonyl (C=O) groups excluding carboxylic acids is 1. The number of carbonyl (C=O) groups is 1. The highest BCUT2D eigenvalue weighted by Gasteiger charge is 2.27. The summed E-state index contributed by atoms with van der Waals surface area (Å²) in [4.78, 5) is 17.2. The van der Waals surface area contributed by atoms with Crippen LogP contribution in [0.4, 0.5) is 0 Å². The maximum atomic E-state index is 13.4. The Bertz CT molecular complexity index is 834. The molecule has 0 saturated carbocycles. The van der Waals surface area contributed by atoms with Crippen molar-refractivity contribution in [1.82, 2.24) is 10.2 Å². The van der Waals surface area contributed by atoms with Gasteiger partial charge in [-0.15, -0.1) is 11.3 Å². The Labute approximate surface area is 177 Å². The smallest absolute Gasteiger partial charge is 0.232 e. The second kappa shape index (κ2) is 9.86. The van der Waals surface area contributed by atoms with Crippen molar-refractivity contribution in [3.05, 3.63) is 94.2 Å². The Morgan fingerprint density at radius 1 is 0.862 bits per heavy atom. The lowest BCUT2D eigenvalue weighted by Gasteiger charge is -2.34. The van der Waals surface area contributed by atoms with E-state index in [2.05, 4.69) is 27.7 Å². The van der Waals surface area contributed by atoms with Crippen LogP contribution in [-0.2, 0) is 4.79 Å². The second-order valence-corrected chi connectivity index (χ2v) is 8.61. The van der Waals surface area contributed by atoms with E-state index in [1.54, 1.807) is 11.3 Å². The van der Waals surface area contributed by atoms with Gasteiger partial charge in [0.05, 0.1) is 12.0 Å². The molecule has 0 bridgehead atoms. The molecule has 29 heavy (non-hydrogen) atoms. The van der Waals surface area contributed by atoms with E-state index in [4.69, 9.17) is 0 Å². The van der Waals surface area contributed by atoms with Crippen LogP contribution in [0.15, 0.2) is 78.2 Å². The zero-order valence-electron chi connectivity index (χ0n) is 16.7. The summed E-state index contributed by atoms with van der Waals surface area (Å²) in [6, 6.07) is 24.7. The van der Waals surface area contributed by atoms with Crippen LogP contribution in [0.25, 0.3) is 0 Å². The largest absolute Gasteiger partial charge is 0.353 e. The zero-order chi connectivity index (χ0) is 19.9. The Kier molecular flexibility index (Phi) is 6.75. The summed E-state index contributed by atoms with van der Waals surface area (Å²) in [5, 5.41) is 5.42. The van der Waals surface area contributed by atoms with E-state index in [1.807, 2.05) is 60.7 Å². The first-order chi connectivity index (χ1) is 14.3. The molecule has 1 aliphatic rings. The highest BCUT2D eigenvalue weighted by molar-refractivity contribution is 7.10. The van der Waals surface area contributed by atoms with Crippen molar-refractivity contribution in [1.29, 1.82) is 0 Å². The van der Waals surface area contributed by atoms with Gasteiger partial charge in [-0.2, -0.15) is 0 Å². The van der Waals surface area contributed by atoms with Crippen molar-refractivity contribution >= 4 is 17.2 Å². The molecule has 3 aromatic rings. The van der Waals surface area contributed by atoms with Crippen LogP contribution < -0.4 is 5.32 Å². The van der Waals surface area contributed by atoms with Crippen LogP contribution in [0.1, 0.15) is 47.2 Å². The van der Waals surface area contributed by atoms with Crippen LogP contribution >= 0.6 is 11.3 Å². The van der Waals surface area contributed by atoms with E-state index >= 15 is 0 Å². The van der Waals surface area contributed by atoms with Crippen molar-refractivity contribution in [3.8, 4) is 0 Å². The molecule has 1 atom stereocenters. The molecule has 4 rings (SSSR count). The molecular weight excluding hydrogens is 376 g/mol. The Morgan fingerprint density at radius 2 is 1.48 bits per heavy atom. The fourth-order valence-electron chi connectivity index (χ4n) is 4.21. The van der Waals surface area contributed by atoms with Gasteiger partial charge in [-0.1, -0.05) is 73.2 Å². The topological polar surface area (TPSA) is 32.3 Å². The molecule has 4 heteroatoms. The fourth-order valence-corrected chi connectivity index (χ4v) is 5.07. The van der Waals surface area contributed by atoms with Crippen LogP contribution in [0.2, 0.25) is 0 Å².